The van der Waals surface area contributed by atoms with Crippen molar-refractivity contribution in [3.63, 3.8) is 0 Å². The number of piperidine rings is 1. The zero-order chi connectivity index (χ0) is 17.2. The van der Waals surface area contributed by atoms with Crippen LogP contribution in [-0.4, -0.2) is 73.4 Å². The number of ether oxygens (including phenoxy) is 1. The zero-order valence-electron chi connectivity index (χ0n) is 14.3. The van der Waals surface area contributed by atoms with Crippen LogP contribution in [0, 0.1) is 5.92 Å². The van der Waals surface area contributed by atoms with Crippen molar-refractivity contribution in [2.45, 2.75) is 19.8 Å². The highest BCUT2D eigenvalue weighted by Gasteiger charge is 2.34. The van der Waals surface area contributed by atoms with E-state index in [1.54, 1.807) is 28.0 Å². The Morgan fingerprint density at radius 3 is 2.58 bits per heavy atom. The van der Waals surface area contributed by atoms with Crippen molar-refractivity contribution in [3.05, 3.63) is 12.3 Å². The Hall–Kier alpha value is -1.45. The number of hydrogen-bond acceptors (Lipinski definition) is 6. The third-order valence-corrected chi connectivity index (χ3v) is 6.62. The lowest BCUT2D eigenvalue weighted by molar-refractivity contribution is 0.254. The van der Waals surface area contributed by atoms with Crippen LogP contribution in [0.15, 0.2) is 12.3 Å². The first kappa shape index (κ1) is 17.4. The Labute approximate surface area is 143 Å². The van der Waals surface area contributed by atoms with Crippen molar-refractivity contribution in [3.8, 4) is 5.88 Å². The van der Waals surface area contributed by atoms with Crippen molar-refractivity contribution < 1.29 is 13.2 Å². The minimum absolute atomic E-state index is 0.431. The van der Waals surface area contributed by atoms with E-state index in [2.05, 4.69) is 16.9 Å². The standard InChI is InChI=1S/C15H25N5O3S/c1-13-4-3-7-20(12-13)24(21,22)19-10-8-18(9-11-19)15-16-6-5-14(17-15)23-2/h5-6,13H,3-4,7-12H2,1-2H3/t13-/m0/s1. The van der Waals surface area contributed by atoms with Gasteiger partial charge in [-0.1, -0.05) is 6.92 Å². The second kappa shape index (κ2) is 7.20. The maximum Gasteiger partial charge on any atom is 0.282 e. The summed E-state index contributed by atoms with van der Waals surface area (Å²) in [6.07, 6.45) is 3.70. The van der Waals surface area contributed by atoms with E-state index in [1.807, 2.05) is 4.90 Å². The molecule has 134 valence electrons. The highest BCUT2D eigenvalue weighted by Crippen LogP contribution is 2.22. The first-order valence-electron chi connectivity index (χ1n) is 8.38. The van der Waals surface area contributed by atoms with Crippen LogP contribution in [0.5, 0.6) is 5.88 Å². The van der Waals surface area contributed by atoms with Gasteiger partial charge in [0.1, 0.15) is 0 Å². The number of aromatic nitrogens is 2. The van der Waals surface area contributed by atoms with Gasteiger partial charge in [0.15, 0.2) is 0 Å². The minimum atomic E-state index is -3.36. The molecule has 0 unspecified atom stereocenters. The Balaban J connectivity index is 1.63. The average Bonchev–Trinajstić information content (AvgIpc) is 2.62. The summed E-state index contributed by atoms with van der Waals surface area (Å²) in [6.45, 7) is 5.43. The summed E-state index contributed by atoms with van der Waals surface area (Å²) in [4.78, 5) is 10.6. The monoisotopic (exact) mass is 355 g/mol. The quantitative estimate of drug-likeness (QED) is 0.786. The summed E-state index contributed by atoms with van der Waals surface area (Å²) in [5.41, 5.74) is 0. The van der Waals surface area contributed by atoms with Gasteiger partial charge in [-0.2, -0.15) is 22.0 Å². The van der Waals surface area contributed by atoms with Crippen molar-refractivity contribution in [2.24, 2.45) is 5.92 Å². The molecular weight excluding hydrogens is 330 g/mol. The summed E-state index contributed by atoms with van der Waals surface area (Å²) in [5.74, 6) is 1.52. The largest absolute Gasteiger partial charge is 0.481 e. The molecule has 8 nitrogen and oxygen atoms in total. The molecule has 9 heteroatoms. The molecule has 3 heterocycles. The number of nitrogens with zero attached hydrogens (tertiary/aromatic N) is 5. The molecule has 2 aliphatic heterocycles. The Bertz CT molecular complexity index is 661. The molecular formula is C15H25N5O3S. The van der Waals surface area contributed by atoms with Gasteiger partial charge < -0.3 is 9.64 Å². The average molecular weight is 355 g/mol. The smallest absolute Gasteiger partial charge is 0.282 e. The normalized spacial score (nSPS) is 24.1. The van der Waals surface area contributed by atoms with Crippen molar-refractivity contribution >= 4 is 16.2 Å². The van der Waals surface area contributed by atoms with Crippen LogP contribution in [0.3, 0.4) is 0 Å². The van der Waals surface area contributed by atoms with E-state index >= 15 is 0 Å². The molecule has 1 aromatic rings. The van der Waals surface area contributed by atoms with Crippen LogP contribution >= 0.6 is 0 Å². The first-order chi connectivity index (χ1) is 11.5. The van der Waals surface area contributed by atoms with Gasteiger partial charge in [-0.3, -0.25) is 0 Å². The summed E-state index contributed by atoms with van der Waals surface area (Å²) < 4.78 is 34.0. The predicted octanol–water partition coefficient (Wildman–Crippen LogP) is 0.584. The van der Waals surface area contributed by atoms with E-state index in [0.29, 0.717) is 57.0 Å². The summed E-state index contributed by atoms with van der Waals surface area (Å²) >= 11 is 0. The van der Waals surface area contributed by atoms with E-state index in [4.69, 9.17) is 4.74 Å². The molecule has 0 spiro atoms. The SMILES string of the molecule is COc1ccnc(N2CCN(S(=O)(=O)N3CCC[C@H](C)C3)CC2)n1. The Morgan fingerprint density at radius 2 is 1.92 bits per heavy atom. The number of rotatable bonds is 4. The number of piperazine rings is 1. The Morgan fingerprint density at radius 1 is 1.17 bits per heavy atom. The van der Waals surface area contributed by atoms with Gasteiger partial charge in [-0.15, -0.1) is 0 Å². The van der Waals surface area contributed by atoms with Crippen molar-refractivity contribution in [2.75, 3.05) is 51.3 Å². The third kappa shape index (κ3) is 3.62. The molecule has 1 atom stereocenters. The molecule has 0 bridgehead atoms. The lowest BCUT2D eigenvalue weighted by Gasteiger charge is -2.38. The van der Waals surface area contributed by atoms with Gasteiger partial charge in [0.2, 0.25) is 11.8 Å². The molecule has 0 amide bonds. The predicted molar refractivity (Wildman–Crippen MR) is 91.3 cm³/mol. The fraction of sp³-hybridized carbons (Fsp3) is 0.733. The van der Waals surface area contributed by atoms with Crippen LogP contribution < -0.4 is 9.64 Å². The summed E-state index contributed by atoms with van der Waals surface area (Å²) in [7, 11) is -1.80. The maximum atomic E-state index is 12.8. The van der Waals surface area contributed by atoms with Crippen LogP contribution in [0.1, 0.15) is 19.8 Å². The second-order valence-corrected chi connectivity index (χ2v) is 8.33. The molecule has 0 aromatic carbocycles. The molecule has 2 saturated heterocycles. The highest BCUT2D eigenvalue weighted by molar-refractivity contribution is 7.86. The molecule has 1 aromatic heterocycles. The van der Waals surface area contributed by atoms with E-state index < -0.39 is 10.2 Å². The topological polar surface area (TPSA) is 78.9 Å². The van der Waals surface area contributed by atoms with Crippen LogP contribution in [0.2, 0.25) is 0 Å². The third-order valence-electron chi connectivity index (χ3n) is 4.62. The summed E-state index contributed by atoms with van der Waals surface area (Å²) in [6, 6.07) is 1.70. The molecule has 0 radical (unpaired) electrons. The van der Waals surface area contributed by atoms with Crippen molar-refractivity contribution in [1.82, 2.24) is 18.6 Å². The lowest BCUT2D eigenvalue weighted by atomic mass is 10.0. The molecule has 0 aliphatic carbocycles. The van der Waals surface area contributed by atoms with Gasteiger partial charge in [0, 0.05) is 51.5 Å². The van der Waals surface area contributed by atoms with Gasteiger partial charge in [0.05, 0.1) is 7.11 Å². The van der Waals surface area contributed by atoms with Crippen LogP contribution in [0.4, 0.5) is 5.95 Å². The van der Waals surface area contributed by atoms with Gasteiger partial charge in [-0.05, 0) is 18.8 Å². The van der Waals surface area contributed by atoms with Crippen molar-refractivity contribution in [1.29, 1.82) is 0 Å². The molecule has 2 fully saturated rings. The first-order valence-corrected chi connectivity index (χ1v) is 9.77. The van der Waals surface area contributed by atoms with E-state index in [9.17, 15) is 8.42 Å². The van der Waals surface area contributed by atoms with Crippen LogP contribution in [-0.2, 0) is 10.2 Å². The minimum Gasteiger partial charge on any atom is -0.481 e. The molecule has 24 heavy (non-hydrogen) atoms. The number of methoxy groups -OCH3 is 1. The van der Waals surface area contributed by atoms with E-state index in [-0.39, 0.29) is 0 Å². The van der Waals surface area contributed by atoms with Gasteiger partial charge in [-0.25, -0.2) is 4.98 Å². The maximum absolute atomic E-state index is 12.8. The molecule has 0 saturated carbocycles. The van der Waals surface area contributed by atoms with Crippen LogP contribution in [0.25, 0.3) is 0 Å². The Kier molecular flexibility index (Phi) is 5.21. The molecule has 3 rings (SSSR count). The highest BCUT2D eigenvalue weighted by atomic mass is 32.2. The van der Waals surface area contributed by atoms with E-state index in [0.717, 1.165) is 12.8 Å². The molecule has 0 N–H and O–H groups in total. The van der Waals surface area contributed by atoms with Gasteiger partial charge in [0.25, 0.3) is 10.2 Å². The fourth-order valence-electron chi connectivity index (χ4n) is 3.24. The number of hydrogen-bond donors (Lipinski definition) is 0. The molecule has 2 aliphatic rings. The fourth-order valence-corrected chi connectivity index (χ4v) is 4.99. The second-order valence-electron chi connectivity index (χ2n) is 6.40. The lowest BCUT2D eigenvalue weighted by Crippen LogP contribution is -2.54. The number of anilines is 1. The summed E-state index contributed by atoms with van der Waals surface area (Å²) in [5, 5.41) is 0. The zero-order valence-corrected chi connectivity index (χ0v) is 15.1. The van der Waals surface area contributed by atoms with E-state index in [1.165, 1.54) is 0 Å². The van der Waals surface area contributed by atoms with Gasteiger partial charge >= 0.3 is 0 Å².